The van der Waals surface area contributed by atoms with Crippen LogP contribution in [0.5, 0.6) is 0 Å². The summed E-state index contributed by atoms with van der Waals surface area (Å²) in [6.45, 7) is 0.260. The molecule has 5 rings (SSSR count). The average molecular weight is 459 g/mol. The lowest BCUT2D eigenvalue weighted by molar-refractivity contribution is -0.122. The number of amides is 2. The van der Waals surface area contributed by atoms with Crippen LogP contribution in [0.25, 0.3) is 21.8 Å². The Kier molecular flexibility index (Phi) is 5.66. The van der Waals surface area contributed by atoms with Crippen molar-refractivity contribution >= 4 is 34.5 Å². The smallest absolute Gasteiger partial charge is 0.229 e. The summed E-state index contributed by atoms with van der Waals surface area (Å²) in [6, 6.07) is 17.0. The van der Waals surface area contributed by atoms with Gasteiger partial charge < -0.3 is 10.2 Å². The van der Waals surface area contributed by atoms with Gasteiger partial charge in [0.15, 0.2) is 0 Å². The first-order chi connectivity index (χ1) is 16.1. The molecule has 0 radical (unpaired) electrons. The predicted molar refractivity (Wildman–Crippen MR) is 126 cm³/mol. The van der Waals surface area contributed by atoms with Gasteiger partial charge in [0.25, 0.3) is 0 Å². The normalized spacial score (nSPS) is 15.6. The first kappa shape index (κ1) is 21.0. The van der Waals surface area contributed by atoms with E-state index in [0.717, 1.165) is 21.8 Å². The highest BCUT2D eigenvalue weighted by Crippen LogP contribution is 2.30. The Balaban J connectivity index is 1.28. The number of hydrogen-bond acceptors (Lipinski definition) is 5. The number of carbonyl (C=O) groups excluding carboxylic acids is 2. The molecule has 1 fully saturated rings. The maximum atomic E-state index is 13.2. The van der Waals surface area contributed by atoms with Gasteiger partial charge >= 0.3 is 0 Å². The summed E-state index contributed by atoms with van der Waals surface area (Å²) in [5, 5.41) is 5.77. The van der Waals surface area contributed by atoms with E-state index in [1.807, 2.05) is 41.8 Å². The molecule has 4 aromatic rings. The Morgan fingerprint density at radius 2 is 1.91 bits per heavy atom. The lowest BCUT2D eigenvalue weighted by Crippen LogP contribution is -2.28. The van der Waals surface area contributed by atoms with Crippen LogP contribution in [0.1, 0.15) is 6.42 Å². The molecule has 2 amide bonds. The molecular weight excluding hydrogens is 439 g/mol. The Labute approximate surface area is 193 Å². The third-order valence-electron chi connectivity index (χ3n) is 5.47. The average Bonchev–Trinajstić information content (AvgIpc) is 3.48. The molecule has 0 spiro atoms. The quantitative estimate of drug-likeness (QED) is 0.457. The zero-order valence-corrected chi connectivity index (χ0v) is 18.3. The Hall–Kier alpha value is -3.91. The third-order valence-corrected chi connectivity index (χ3v) is 6.36. The van der Waals surface area contributed by atoms with Crippen LogP contribution in [0.15, 0.2) is 78.4 Å². The van der Waals surface area contributed by atoms with E-state index in [4.69, 9.17) is 4.98 Å². The molecule has 1 saturated heterocycles. The highest BCUT2D eigenvalue weighted by atomic mass is 32.1. The molecule has 2 aromatic heterocycles. The fourth-order valence-corrected chi connectivity index (χ4v) is 4.60. The molecule has 0 saturated carbocycles. The van der Waals surface area contributed by atoms with Crippen LogP contribution in [0.4, 0.5) is 15.8 Å². The van der Waals surface area contributed by atoms with Crippen molar-refractivity contribution in [3.05, 3.63) is 84.3 Å². The van der Waals surface area contributed by atoms with Crippen LogP contribution >= 0.6 is 11.3 Å². The highest BCUT2D eigenvalue weighted by molar-refractivity contribution is 7.13. The number of nitrogens with one attached hydrogen (secondary N) is 1. The maximum Gasteiger partial charge on any atom is 0.229 e. The molecule has 3 heterocycles. The van der Waals surface area contributed by atoms with E-state index >= 15 is 0 Å². The van der Waals surface area contributed by atoms with Crippen LogP contribution in [0.3, 0.4) is 0 Å². The van der Waals surface area contributed by atoms with Crippen LogP contribution in [0.2, 0.25) is 0 Å². The van der Waals surface area contributed by atoms with Crippen molar-refractivity contribution in [1.82, 2.24) is 9.97 Å². The summed E-state index contributed by atoms with van der Waals surface area (Å²) in [5.74, 6) is -1.23. The van der Waals surface area contributed by atoms with E-state index in [1.54, 1.807) is 24.5 Å². The second kappa shape index (κ2) is 8.91. The summed E-state index contributed by atoms with van der Waals surface area (Å²) in [5.41, 5.74) is 3.88. The molecule has 2 aromatic carbocycles. The van der Waals surface area contributed by atoms with Gasteiger partial charge in [-0.3, -0.25) is 14.6 Å². The topological polar surface area (TPSA) is 75.2 Å². The van der Waals surface area contributed by atoms with Gasteiger partial charge in [-0.1, -0.05) is 12.1 Å². The molecule has 1 unspecified atom stereocenters. The van der Waals surface area contributed by atoms with E-state index in [-0.39, 0.29) is 30.6 Å². The number of rotatable bonds is 5. The zero-order chi connectivity index (χ0) is 22.8. The van der Waals surface area contributed by atoms with Gasteiger partial charge in [-0.05, 0) is 48.5 Å². The summed E-state index contributed by atoms with van der Waals surface area (Å²) in [6.07, 6.45) is 3.61. The van der Waals surface area contributed by atoms with Crippen molar-refractivity contribution in [2.45, 2.75) is 6.42 Å². The summed E-state index contributed by atoms with van der Waals surface area (Å²) in [4.78, 5) is 35.6. The van der Waals surface area contributed by atoms with E-state index in [2.05, 4.69) is 10.3 Å². The van der Waals surface area contributed by atoms with Crippen molar-refractivity contribution < 1.29 is 14.0 Å². The fraction of sp³-hybridized carbons (Fsp3) is 0.120. The van der Waals surface area contributed by atoms with Gasteiger partial charge in [0, 0.05) is 53.2 Å². The molecule has 1 aliphatic heterocycles. The summed E-state index contributed by atoms with van der Waals surface area (Å²) < 4.78 is 13.2. The lowest BCUT2D eigenvalue weighted by atomic mass is 10.1. The van der Waals surface area contributed by atoms with Crippen LogP contribution in [-0.4, -0.2) is 28.3 Å². The number of hydrogen-bond donors (Lipinski definition) is 1. The van der Waals surface area contributed by atoms with Gasteiger partial charge in [0.2, 0.25) is 11.8 Å². The molecular formula is C25H19FN4O2S. The minimum Gasteiger partial charge on any atom is -0.326 e. The summed E-state index contributed by atoms with van der Waals surface area (Å²) >= 11 is 1.53. The Morgan fingerprint density at radius 3 is 2.70 bits per heavy atom. The van der Waals surface area contributed by atoms with Gasteiger partial charge in [-0.2, -0.15) is 0 Å². The predicted octanol–water partition coefficient (Wildman–Crippen LogP) is 5.00. The van der Waals surface area contributed by atoms with E-state index in [1.165, 1.54) is 28.4 Å². The first-order valence-electron chi connectivity index (χ1n) is 10.4. The molecule has 6 nitrogen and oxygen atoms in total. The summed E-state index contributed by atoms with van der Waals surface area (Å²) in [7, 11) is 0. The number of anilines is 2. The zero-order valence-electron chi connectivity index (χ0n) is 17.4. The second-order valence-electron chi connectivity index (χ2n) is 7.73. The number of benzene rings is 2. The number of nitrogens with zero attached hydrogens (tertiary/aromatic N) is 3. The van der Waals surface area contributed by atoms with Crippen molar-refractivity contribution in [2.75, 3.05) is 16.8 Å². The molecule has 0 bridgehead atoms. The Morgan fingerprint density at radius 1 is 1.09 bits per heavy atom. The van der Waals surface area contributed by atoms with Gasteiger partial charge in [0.1, 0.15) is 10.8 Å². The van der Waals surface area contributed by atoms with Crippen molar-refractivity contribution in [1.29, 1.82) is 0 Å². The molecule has 1 aliphatic rings. The van der Waals surface area contributed by atoms with Gasteiger partial charge in [0.05, 0.1) is 11.6 Å². The number of thiazole rings is 1. The molecule has 0 aliphatic carbocycles. The lowest BCUT2D eigenvalue weighted by Gasteiger charge is -2.16. The molecule has 8 heteroatoms. The first-order valence-corrected chi connectivity index (χ1v) is 11.3. The third kappa shape index (κ3) is 4.51. The maximum absolute atomic E-state index is 13.2. The van der Waals surface area contributed by atoms with E-state index in [9.17, 15) is 14.0 Å². The largest absolute Gasteiger partial charge is 0.326 e. The molecule has 164 valence electrons. The highest BCUT2D eigenvalue weighted by Gasteiger charge is 2.35. The van der Waals surface area contributed by atoms with Crippen LogP contribution in [0, 0.1) is 11.7 Å². The Bertz CT molecular complexity index is 1310. The SMILES string of the molecule is O=C(Nc1cccc(-c2csc(-c3cccnc3)n2)c1)C1CC(=O)N(c2ccc(F)cc2)C1. The molecule has 33 heavy (non-hydrogen) atoms. The van der Waals surface area contributed by atoms with Crippen LogP contribution < -0.4 is 10.2 Å². The van der Waals surface area contributed by atoms with Gasteiger partial charge in [-0.15, -0.1) is 11.3 Å². The van der Waals surface area contributed by atoms with E-state index in [0.29, 0.717) is 11.4 Å². The van der Waals surface area contributed by atoms with Gasteiger partial charge in [-0.25, -0.2) is 9.37 Å². The number of aromatic nitrogens is 2. The van der Waals surface area contributed by atoms with Crippen molar-refractivity contribution in [3.63, 3.8) is 0 Å². The number of pyridine rings is 1. The minimum absolute atomic E-state index is 0.115. The van der Waals surface area contributed by atoms with Crippen LogP contribution in [-0.2, 0) is 9.59 Å². The second-order valence-corrected chi connectivity index (χ2v) is 8.59. The molecule has 1 N–H and O–H groups in total. The van der Waals surface area contributed by atoms with Crippen molar-refractivity contribution in [2.24, 2.45) is 5.92 Å². The molecule has 1 atom stereocenters. The number of carbonyl (C=O) groups is 2. The number of halogens is 1. The van der Waals surface area contributed by atoms with Crippen molar-refractivity contribution in [3.8, 4) is 21.8 Å². The minimum atomic E-state index is -0.484. The fourth-order valence-electron chi connectivity index (χ4n) is 3.78. The standard InChI is InChI=1S/C25H19FN4O2S/c26-19-6-8-21(9-7-19)30-14-18(12-23(30)31)24(32)28-20-5-1-3-16(11-20)22-15-33-25(29-22)17-4-2-10-27-13-17/h1-11,13,15,18H,12,14H2,(H,28,32). The monoisotopic (exact) mass is 458 g/mol. The van der Waals surface area contributed by atoms with E-state index < -0.39 is 5.92 Å².